The Morgan fingerprint density at radius 1 is 0.379 bits per heavy atom. The van der Waals surface area contributed by atoms with E-state index in [1.54, 1.807) is 28.4 Å². The Kier molecular flexibility index (Phi) is 43.5. The molecule has 4 heterocycles. The van der Waals surface area contributed by atoms with Crippen molar-refractivity contribution in [2.24, 2.45) is 0 Å². The summed E-state index contributed by atoms with van der Waals surface area (Å²) in [6.07, 6.45) is 33.2. The third-order valence-corrected chi connectivity index (χ3v) is 28.4. The van der Waals surface area contributed by atoms with Gasteiger partial charge in [-0.1, -0.05) is 219 Å². The fraction of sp³-hybridized carbons (Fsp3) is 0.621. The molecular weight excluding hydrogens is 1670 g/mol. The maximum Gasteiger partial charge on any atom is 0.160 e. The normalized spacial score (nSPS) is 24.3. The van der Waals surface area contributed by atoms with Crippen LogP contribution in [0.5, 0.6) is 11.5 Å². The highest BCUT2D eigenvalue weighted by Gasteiger charge is 2.38. The number of rotatable bonds is 34. The van der Waals surface area contributed by atoms with Crippen LogP contribution < -0.4 is 9.47 Å². The minimum absolute atomic E-state index is 0.287. The Morgan fingerprint density at radius 3 is 1.35 bits per heavy atom. The number of nitrogens with zero attached hydrogens (tertiary/aromatic N) is 5. The average molecular weight is 1810 g/mol. The van der Waals surface area contributed by atoms with Crippen LogP contribution in [0.1, 0.15) is 169 Å². The number of hydrogen-bond acceptors (Lipinski definition) is 18. The Morgan fingerprint density at radius 2 is 0.815 bits per heavy atom. The number of likely N-dealkylation sites (tertiary alicyclic amines) is 1. The standard InChI is InChI=1S/C24H35NO3.C22H27NO2.C21H33NO4.C18H26BrNO2.C18H25Cl2NO2/c1-26-17-14-25(15-18-27-2)23-9-5-6-10-24(23)28-16-13-20-11-12-21-7-3-4-8-22(21)19-20;24-19-12-14-23(16-19)21-10-3-4-11-22(21)25-15-13-18-8-5-7-17-6-1-2-9-20(17)18;1-23-20-10-9-17(16-21(20)24-2)6-5-13-26-19-8-4-3-7-18(19)22-11-14-25-15-12-22;19-16-6-2-1-5-15(16)9-12-22-18-8-4-3-7-17(18)20-10-13-21-14-11-20;19-15-6-5-14(13-16(15)20)7-10-23-18-4-2-1-3-17(18)21-8-11-22-12-9-21/h3-4,7-8,11-12,19,23-24H,5-6,9-10,13-18H2,1-2H3;1-2,5-9,21-22H,3-4,10-16H2;9-10,16,18-19H,3-8,11-15H2,1-2H3;1-2,5-6,17-18H,3-4,7-14H2;5-6,13,17-18H,1-4,7-12H2/t23?,24-;21?,22-;18?,19-;2*17?,18-/m00000/s1. The van der Waals surface area contributed by atoms with E-state index in [-0.39, 0.29) is 6.10 Å². The van der Waals surface area contributed by atoms with E-state index in [4.69, 9.17) is 80.0 Å². The third-order valence-electron chi connectivity index (χ3n) is 26.9. The van der Waals surface area contributed by atoms with Crippen LogP contribution in [0, 0.1) is 0 Å². The van der Waals surface area contributed by atoms with Crippen LogP contribution in [0.4, 0.5) is 0 Å². The molecule has 4 aliphatic heterocycles. The predicted octanol–water partition coefficient (Wildman–Crippen LogP) is 19.4. The van der Waals surface area contributed by atoms with Gasteiger partial charge in [0.2, 0.25) is 0 Å². The number of aryl methyl sites for hydroxylation is 1. The van der Waals surface area contributed by atoms with Gasteiger partial charge in [-0.3, -0.25) is 29.3 Å². The minimum Gasteiger partial charge on any atom is -0.493 e. The van der Waals surface area contributed by atoms with Crippen molar-refractivity contribution in [3.8, 4) is 11.5 Å². The van der Waals surface area contributed by atoms with Gasteiger partial charge in [-0.05, 0) is 182 Å². The SMILES string of the molecule is Brc1ccccc1CCO[C@H]1CCCCC1N1CCOCC1.COCCN(CCOC)C1CCCC[C@@H]1OCCc1ccc2ccccc2c1.COc1ccc(CCCO[C@H]2CCCCC2N2CCOCC2)cc1OC.Clc1ccc(CCO[C@H]2CCCCC2N2CCOCC2)cc1Cl.O=C1CCN(C2CCCC[C@@H]2OCCc2cccc3ccccc23)C1. The number of ketones is 1. The molecule has 682 valence electrons. The monoisotopic (exact) mass is 1810 g/mol. The van der Waals surface area contributed by atoms with E-state index in [2.05, 4.69) is 162 Å². The molecule has 18 nitrogen and oxygen atoms in total. The van der Waals surface area contributed by atoms with Crippen LogP contribution in [0.2, 0.25) is 10.0 Å². The van der Waals surface area contributed by atoms with E-state index in [1.165, 1.54) is 169 Å². The summed E-state index contributed by atoms with van der Waals surface area (Å²) in [5, 5.41) is 6.46. The quantitative estimate of drug-likeness (QED) is 0.0352. The molecular formula is C103H146BrCl2N5O13. The Hall–Kier alpha value is -5.21. The second kappa shape index (κ2) is 55.1. The summed E-state index contributed by atoms with van der Waals surface area (Å²) in [5.41, 5.74) is 6.49. The first-order chi connectivity index (χ1) is 61.0. The number of methoxy groups -OCH3 is 4. The molecule has 0 radical (unpaired) electrons. The molecule has 16 rings (SSSR count). The Bertz CT molecular complexity index is 4160. The number of ether oxygens (including phenoxy) is 12. The summed E-state index contributed by atoms with van der Waals surface area (Å²) in [6.45, 7) is 20.4. The molecule has 9 aliphatic rings. The van der Waals surface area contributed by atoms with Gasteiger partial charge in [0.1, 0.15) is 5.78 Å². The number of Topliss-reactive ketones (excluding diaryl/α,β-unsaturated/α-hetero) is 1. The second-order valence-electron chi connectivity index (χ2n) is 35.0. The number of carbonyl (C=O) groups excluding carboxylic acids is 1. The van der Waals surface area contributed by atoms with Crippen molar-refractivity contribution in [1.82, 2.24) is 24.5 Å². The molecule has 0 N–H and O–H groups in total. The minimum atomic E-state index is 0.287. The first-order valence-electron chi connectivity index (χ1n) is 47.4. The zero-order chi connectivity index (χ0) is 86.1. The highest BCUT2D eigenvalue weighted by Crippen LogP contribution is 2.35. The fourth-order valence-corrected chi connectivity index (χ4v) is 20.9. The van der Waals surface area contributed by atoms with Crippen molar-refractivity contribution in [2.75, 3.05) is 180 Å². The summed E-state index contributed by atoms with van der Waals surface area (Å²) >= 11 is 15.7. The lowest BCUT2D eigenvalue weighted by atomic mass is 9.91. The van der Waals surface area contributed by atoms with Gasteiger partial charge in [-0.2, -0.15) is 0 Å². The van der Waals surface area contributed by atoms with Gasteiger partial charge in [0, 0.05) is 121 Å². The van der Waals surface area contributed by atoms with Gasteiger partial charge in [-0.25, -0.2) is 0 Å². The molecule has 0 bridgehead atoms. The number of benzene rings is 7. The number of carbonyl (C=O) groups is 1. The summed E-state index contributed by atoms with van der Waals surface area (Å²) in [7, 11) is 6.89. The van der Waals surface area contributed by atoms with E-state index in [0.29, 0.717) is 77.0 Å². The second-order valence-corrected chi connectivity index (χ2v) is 36.7. The van der Waals surface area contributed by atoms with Gasteiger partial charge in [0.05, 0.1) is 141 Å². The van der Waals surface area contributed by atoms with Gasteiger partial charge in [0.25, 0.3) is 0 Å². The molecule has 0 amide bonds. The molecule has 5 unspecified atom stereocenters. The average Bonchev–Trinajstić information content (AvgIpc) is 1.55. The Labute approximate surface area is 761 Å². The fourth-order valence-electron chi connectivity index (χ4n) is 20.1. The molecule has 21 heteroatoms. The van der Waals surface area contributed by atoms with Crippen molar-refractivity contribution in [3.05, 3.63) is 188 Å². The van der Waals surface area contributed by atoms with Crippen molar-refractivity contribution < 1.29 is 61.6 Å². The van der Waals surface area contributed by atoms with Crippen molar-refractivity contribution >= 4 is 66.5 Å². The zero-order valence-corrected chi connectivity index (χ0v) is 78.3. The van der Waals surface area contributed by atoms with E-state index in [0.717, 1.165) is 214 Å². The van der Waals surface area contributed by atoms with Crippen molar-refractivity contribution in [1.29, 1.82) is 0 Å². The molecule has 9 fully saturated rings. The van der Waals surface area contributed by atoms with Gasteiger partial charge < -0.3 is 56.8 Å². The molecule has 10 atom stereocenters. The molecule has 7 aromatic rings. The van der Waals surface area contributed by atoms with E-state index in [9.17, 15) is 4.79 Å². The number of hydrogen-bond donors (Lipinski definition) is 0. The highest BCUT2D eigenvalue weighted by atomic mass is 79.9. The summed E-state index contributed by atoms with van der Waals surface area (Å²) in [5.74, 6) is 1.97. The van der Waals surface area contributed by atoms with Crippen LogP contribution in [0.3, 0.4) is 0 Å². The first kappa shape index (κ1) is 97.8. The third kappa shape index (κ3) is 31.3. The number of morpholine rings is 3. The van der Waals surface area contributed by atoms with E-state index in [1.807, 2.05) is 24.3 Å². The zero-order valence-electron chi connectivity index (χ0n) is 75.2. The van der Waals surface area contributed by atoms with Crippen LogP contribution in [0.25, 0.3) is 21.5 Å². The molecule has 5 aliphatic carbocycles. The van der Waals surface area contributed by atoms with Crippen LogP contribution >= 0.6 is 39.1 Å². The van der Waals surface area contributed by atoms with E-state index < -0.39 is 0 Å². The smallest absolute Gasteiger partial charge is 0.160 e. The van der Waals surface area contributed by atoms with Crippen molar-refractivity contribution in [3.63, 3.8) is 0 Å². The molecule has 5 saturated carbocycles. The molecule has 7 aromatic carbocycles. The van der Waals surface area contributed by atoms with Gasteiger partial charge in [-0.15, -0.1) is 0 Å². The topological polar surface area (TPSA) is 144 Å². The largest absolute Gasteiger partial charge is 0.493 e. The van der Waals surface area contributed by atoms with Gasteiger partial charge in [0.15, 0.2) is 11.5 Å². The highest BCUT2D eigenvalue weighted by molar-refractivity contribution is 9.10. The van der Waals surface area contributed by atoms with Crippen LogP contribution in [0.15, 0.2) is 150 Å². The molecule has 124 heavy (non-hydrogen) atoms. The maximum atomic E-state index is 11.6. The summed E-state index contributed by atoms with van der Waals surface area (Å²) < 4.78 is 70.7. The maximum absolute atomic E-state index is 11.6. The number of halogens is 3. The lowest BCUT2D eigenvalue weighted by molar-refractivity contribution is -0.117. The predicted molar refractivity (Wildman–Crippen MR) is 505 cm³/mol. The first-order valence-corrected chi connectivity index (χ1v) is 48.9. The lowest BCUT2D eigenvalue weighted by Gasteiger charge is -2.41. The summed E-state index contributed by atoms with van der Waals surface area (Å²) in [6, 6.07) is 53.4. The van der Waals surface area contributed by atoms with Gasteiger partial charge >= 0.3 is 0 Å². The molecule has 0 spiro atoms. The number of fused-ring (bicyclic) bond motifs is 2. The lowest BCUT2D eigenvalue weighted by Crippen LogP contribution is -2.51. The summed E-state index contributed by atoms with van der Waals surface area (Å²) in [4.78, 5) is 24.3. The van der Waals surface area contributed by atoms with E-state index >= 15 is 0 Å². The molecule has 4 saturated heterocycles. The van der Waals surface area contributed by atoms with Crippen LogP contribution in [-0.2, 0) is 84.3 Å². The van der Waals surface area contributed by atoms with Crippen molar-refractivity contribution in [2.45, 2.75) is 234 Å². The Balaban J connectivity index is 0.000000142. The van der Waals surface area contributed by atoms with Crippen LogP contribution in [-0.4, -0.2) is 271 Å². The molecule has 0 aromatic heterocycles.